The van der Waals surface area contributed by atoms with Gasteiger partial charge in [-0.3, -0.25) is 0 Å². The molecule has 10 heavy (non-hydrogen) atoms. The van der Waals surface area contributed by atoms with Crippen LogP contribution in [0.3, 0.4) is 0 Å². The van der Waals surface area contributed by atoms with Crippen LogP contribution in [0.2, 0.25) is 0 Å². The average Bonchev–Trinajstić information content (AvgIpc) is 2.66. The molecule has 0 aromatic rings. The highest BCUT2D eigenvalue weighted by Gasteiger charge is 2.24. The zero-order chi connectivity index (χ0) is 7.61. The summed E-state index contributed by atoms with van der Waals surface area (Å²) in [6.45, 7) is 5.72. The third-order valence-corrected chi connectivity index (χ3v) is 3.20. The van der Waals surface area contributed by atoms with Gasteiger partial charge in [0.15, 0.2) is 0 Å². The molecule has 0 aliphatic heterocycles. The highest BCUT2D eigenvalue weighted by molar-refractivity contribution is 7.99. The van der Waals surface area contributed by atoms with E-state index < -0.39 is 0 Å². The van der Waals surface area contributed by atoms with Crippen molar-refractivity contribution in [1.29, 1.82) is 0 Å². The molecule has 0 amide bonds. The molecule has 1 fully saturated rings. The summed E-state index contributed by atoms with van der Waals surface area (Å²) in [6, 6.07) is 0.853. The number of rotatable bonds is 4. The summed E-state index contributed by atoms with van der Waals surface area (Å²) >= 11 is 1.93. The van der Waals surface area contributed by atoms with Crippen molar-refractivity contribution in [2.45, 2.75) is 37.5 Å². The Bertz CT molecular complexity index is 108. The second-order valence-corrected chi connectivity index (χ2v) is 5.13. The molecule has 2 heteroatoms. The Morgan fingerprint density at radius 2 is 2.10 bits per heavy atom. The van der Waals surface area contributed by atoms with Gasteiger partial charge in [0.2, 0.25) is 0 Å². The fraction of sp³-hybridized carbons (Fsp3) is 1.00. The van der Waals surface area contributed by atoms with E-state index in [1.807, 2.05) is 11.8 Å². The molecule has 0 heterocycles. The lowest BCUT2D eigenvalue weighted by Crippen LogP contribution is -2.33. The molecule has 1 aliphatic rings. The van der Waals surface area contributed by atoms with E-state index >= 15 is 0 Å². The quantitative estimate of drug-likeness (QED) is 0.672. The van der Waals surface area contributed by atoms with Crippen LogP contribution in [-0.4, -0.2) is 23.6 Å². The molecular weight excluding hydrogens is 142 g/mol. The maximum absolute atomic E-state index is 3.53. The van der Waals surface area contributed by atoms with Crippen LogP contribution in [-0.2, 0) is 0 Å². The molecule has 0 aromatic heterocycles. The van der Waals surface area contributed by atoms with E-state index in [1.165, 1.54) is 12.8 Å². The van der Waals surface area contributed by atoms with Crippen LogP contribution >= 0.6 is 11.8 Å². The van der Waals surface area contributed by atoms with Crippen LogP contribution in [0, 0.1) is 0 Å². The number of thioether (sulfide) groups is 1. The number of nitrogens with one attached hydrogen (secondary N) is 1. The minimum atomic E-state index is 0.419. The topological polar surface area (TPSA) is 12.0 Å². The number of hydrogen-bond donors (Lipinski definition) is 1. The third-order valence-electron chi connectivity index (χ3n) is 1.95. The molecule has 1 nitrogen and oxygen atoms in total. The van der Waals surface area contributed by atoms with Crippen LogP contribution in [0.1, 0.15) is 26.7 Å². The van der Waals surface area contributed by atoms with Crippen molar-refractivity contribution in [3.63, 3.8) is 0 Å². The maximum Gasteiger partial charge on any atom is 0.0225 e. The van der Waals surface area contributed by atoms with Gasteiger partial charge in [-0.25, -0.2) is 0 Å². The first-order valence-corrected chi connectivity index (χ1v) is 5.15. The third kappa shape index (κ3) is 2.93. The van der Waals surface area contributed by atoms with E-state index in [9.17, 15) is 0 Å². The van der Waals surface area contributed by atoms with E-state index in [-0.39, 0.29) is 0 Å². The molecule has 1 rings (SSSR count). The van der Waals surface area contributed by atoms with Crippen molar-refractivity contribution < 1.29 is 0 Å². The summed E-state index contributed by atoms with van der Waals surface area (Å²) in [4.78, 5) is 0. The molecule has 0 bridgehead atoms. The van der Waals surface area contributed by atoms with E-state index in [0.717, 1.165) is 12.6 Å². The molecule has 0 saturated heterocycles. The Kier molecular flexibility index (Phi) is 2.64. The normalized spacial score (nSPS) is 19.5. The summed E-state index contributed by atoms with van der Waals surface area (Å²) in [5.41, 5.74) is 0. The van der Waals surface area contributed by atoms with Crippen LogP contribution < -0.4 is 5.32 Å². The first-order chi connectivity index (χ1) is 4.64. The van der Waals surface area contributed by atoms with Crippen molar-refractivity contribution in [1.82, 2.24) is 5.32 Å². The van der Waals surface area contributed by atoms with Gasteiger partial charge in [0.1, 0.15) is 0 Å². The van der Waals surface area contributed by atoms with Gasteiger partial charge in [0.25, 0.3) is 0 Å². The van der Waals surface area contributed by atoms with E-state index in [1.54, 1.807) is 0 Å². The fourth-order valence-corrected chi connectivity index (χ4v) is 0.977. The Hall–Kier alpha value is 0.310. The highest BCUT2D eigenvalue weighted by atomic mass is 32.2. The van der Waals surface area contributed by atoms with E-state index in [4.69, 9.17) is 0 Å². The predicted octanol–water partition coefficient (Wildman–Crippen LogP) is 1.88. The molecule has 0 atom stereocenters. The van der Waals surface area contributed by atoms with E-state index in [2.05, 4.69) is 25.4 Å². The van der Waals surface area contributed by atoms with Crippen LogP contribution in [0.25, 0.3) is 0 Å². The Morgan fingerprint density at radius 1 is 1.50 bits per heavy atom. The first kappa shape index (κ1) is 8.41. The Morgan fingerprint density at radius 3 is 2.50 bits per heavy atom. The molecule has 0 spiro atoms. The Labute approximate surface area is 68.0 Å². The molecule has 0 radical (unpaired) electrons. The summed E-state index contributed by atoms with van der Waals surface area (Å²) in [5, 5.41) is 3.53. The second-order valence-electron chi connectivity index (χ2n) is 3.62. The molecule has 0 unspecified atom stereocenters. The minimum absolute atomic E-state index is 0.419. The van der Waals surface area contributed by atoms with Gasteiger partial charge in [-0.05, 0) is 32.9 Å². The molecule has 1 N–H and O–H groups in total. The largest absolute Gasteiger partial charge is 0.313 e. The summed E-state index contributed by atoms with van der Waals surface area (Å²) in [6.07, 6.45) is 4.96. The predicted molar refractivity (Wildman–Crippen MR) is 48.6 cm³/mol. The van der Waals surface area contributed by atoms with Gasteiger partial charge < -0.3 is 5.32 Å². The molecule has 0 aromatic carbocycles. The van der Waals surface area contributed by atoms with Gasteiger partial charge in [0.05, 0.1) is 0 Å². The standard InChI is InChI=1S/C8H17NS/c1-8(2,10-3)6-9-7-4-5-7/h7,9H,4-6H2,1-3H3. The van der Waals surface area contributed by atoms with Crippen LogP contribution in [0.5, 0.6) is 0 Å². The van der Waals surface area contributed by atoms with Gasteiger partial charge in [-0.1, -0.05) is 0 Å². The van der Waals surface area contributed by atoms with Crippen molar-refractivity contribution in [3.8, 4) is 0 Å². The van der Waals surface area contributed by atoms with Gasteiger partial charge in [0, 0.05) is 17.3 Å². The highest BCUT2D eigenvalue weighted by Crippen LogP contribution is 2.23. The van der Waals surface area contributed by atoms with Gasteiger partial charge in [-0.2, -0.15) is 11.8 Å². The number of hydrogen-bond acceptors (Lipinski definition) is 2. The van der Waals surface area contributed by atoms with Crippen molar-refractivity contribution in [2.75, 3.05) is 12.8 Å². The summed E-state index contributed by atoms with van der Waals surface area (Å²) in [5.74, 6) is 0. The SMILES string of the molecule is CSC(C)(C)CNC1CC1. The van der Waals surface area contributed by atoms with Crippen molar-refractivity contribution in [2.24, 2.45) is 0 Å². The van der Waals surface area contributed by atoms with Crippen molar-refractivity contribution in [3.05, 3.63) is 0 Å². The first-order valence-electron chi connectivity index (χ1n) is 3.92. The zero-order valence-corrected chi connectivity index (χ0v) is 7.92. The second kappa shape index (κ2) is 3.14. The maximum atomic E-state index is 3.53. The zero-order valence-electron chi connectivity index (χ0n) is 7.11. The average molecular weight is 159 g/mol. The summed E-state index contributed by atoms with van der Waals surface area (Å²) in [7, 11) is 0. The lowest BCUT2D eigenvalue weighted by atomic mass is 10.2. The fourth-order valence-electron chi connectivity index (χ4n) is 0.750. The monoisotopic (exact) mass is 159 g/mol. The molecule has 1 aliphatic carbocycles. The van der Waals surface area contributed by atoms with Crippen LogP contribution in [0.15, 0.2) is 0 Å². The molecule has 1 saturated carbocycles. The van der Waals surface area contributed by atoms with E-state index in [0.29, 0.717) is 4.75 Å². The van der Waals surface area contributed by atoms with Crippen LogP contribution in [0.4, 0.5) is 0 Å². The Balaban J connectivity index is 2.09. The smallest absolute Gasteiger partial charge is 0.0225 e. The summed E-state index contributed by atoms with van der Waals surface area (Å²) < 4.78 is 0.419. The van der Waals surface area contributed by atoms with Crippen molar-refractivity contribution >= 4 is 11.8 Å². The lowest BCUT2D eigenvalue weighted by Gasteiger charge is -2.22. The van der Waals surface area contributed by atoms with Gasteiger partial charge in [-0.15, -0.1) is 0 Å². The lowest BCUT2D eigenvalue weighted by molar-refractivity contribution is 0.588. The molecule has 60 valence electrons. The molecular formula is C8H17NS. The van der Waals surface area contributed by atoms with Gasteiger partial charge >= 0.3 is 0 Å². The minimum Gasteiger partial charge on any atom is -0.313 e.